The summed E-state index contributed by atoms with van der Waals surface area (Å²) in [5.74, 6) is 3.33. The van der Waals surface area contributed by atoms with E-state index in [4.69, 9.17) is 0 Å². The highest BCUT2D eigenvalue weighted by Gasteiger charge is 2.56. The molecule has 1 aliphatic heterocycles. The van der Waals surface area contributed by atoms with Crippen LogP contribution in [-0.2, 0) is 0 Å². The Hall–Kier alpha value is 0.310. The van der Waals surface area contributed by atoms with Crippen molar-refractivity contribution in [2.45, 2.75) is 25.3 Å². The first-order valence-corrected chi connectivity index (χ1v) is 5.89. The maximum absolute atomic E-state index is 2.61. The second-order valence-electron chi connectivity index (χ2n) is 4.27. The standard InChI is InChI=1S/C9H15NS/c1-11-10-5-8-6-2-3-7(4-6)9(8)10/h6-9H,2-5H2,1H3. The van der Waals surface area contributed by atoms with Crippen LogP contribution in [0.4, 0.5) is 0 Å². The molecule has 3 aliphatic rings. The van der Waals surface area contributed by atoms with E-state index in [2.05, 4.69) is 10.6 Å². The van der Waals surface area contributed by atoms with Crippen LogP contribution >= 0.6 is 11.9 Å². The predicted molar refractivity (Wildman–Crippen MR) is 48.3 cm³/mol. The Morgan fingerprint density at radius 2 is 2.09 bits per heavy atom. The Balaban J connectivity index is 1.80. The molecule has 4 atom stereocenters. The molecule has 2 heteroatoms. The molecule has 62 valence electrons. The summed E-state index contributed by atoms with van der Waals surface area (Å²) in [4.78, 5) is 0. The van der Waals surface area contributed by atoms with E-state index in [1.165, 1.54) is 13.0 Å². The van der Waals surface area contributed by atoms with Crippen molar-refractivity contribution in [3.8, 4) is 0 Å². The van der Waals surface area contributed by atoms with Crippen molar-refractivity contribution in [1.82, 2.24) is 4.31 Å². The van der Waals surface area contributed by atoms with E-state index >= 15 is 0 Å². The summed E-state index contributed by atoms with van der Waals surface area (Å²) in [7, 11) is 0. The first-order valence-electron chi connectivity index (χ1n) is 4.71. The van der Waals surface area contributed by atoms with E-state index in [9.17, 15) is 0 Å². The van der Waals surface area contributed by atoms with Crippen LogP contribution in [-0.4, -0.2) is 23.1 Å². The van der Waals surface area contributed by atoms with Gasteiger partial charge in [0, 0.05) is 12.6 Å². The molecule has 2 aliphatic carbocycles. The number of nitrogens with zero attached hydrogens (tertiary/aromatic N) is 1. The van der Waals surface area contributed by atoms with E-state index < -0.39 is 0 Å². The molecule has 0 aromatic rings. The topological polar surface area (TPSA) is 3.24 Å². The number of hydrogen-bond acceptors (Lipinski definition) is 2. The zero-order valence-corrected chi connectivity index (χ0v) is 7.81. The lowest BCUT2D eigenvalue weighted by atomic mass is 9.79. The zero-order chi connectivity index (χ0) is 7.42. The summed E-state index contributed by atoms with van der Waals surface area (Å²) in [6.07, 6.45) is 6.87. The molecule has 1 nitrogen and oxygen atoms in total. The summed E-state index contributed by atoms with van der Waals surface area (Å²) < 4.78 is 2.61. The Labute approximate surface area is 72.7 Å². The van der Waals surface area contributed by atoms with E-state index in [0.717, 1.165) is 23.8 Å². The molecule has 0 aromatic carbocycles. The molecule has 11 heavy (non-hydrogen) atoms. The fourth-order valence-electron chi connectivity index (χ4n) is 3.47. The van der Waals surface area contributed by atoms with Gasteiger partial charge in [0.05, 0.1) is 0 Å². The lowest BCUT2D eigenvalue weighted by Gasteiger charge is -2.49. The zero-order valence-electron chi connectivity index (χ0n) is 6.99. The predicted octanol–water partition coefficient (Wildman–Crippen LogP) is 1.99. The minimum atomic E-state index is 1.00. The van der Waals surface area contributed by atoms with Gasteiger partial charge in [-0.1, -0.05) is 11.9 Å². The molecule has 0 aromatic heterocycles. The Bertz CT molecular complexity index is 180. The lowest BCUT2D eigenvalue weighted by molar-refractivity contribution is 0.0612. The van der Waals surface area contributed by atoms with Crippen LogP contribution in [0.3, 0.4) is 0 Å². The van der Waals surface area contributed by atoms with Gasteiger partial charge in [0.1, 0.15) is 0 Å². The van der Waals surface area contributed by atoms with Crippen LogP contribution in [0.25, 0.3) is 0 Å². The molecule has 4 unspecified atom stereocenters. The van der Waals surface area contributed by atoms with Gasteiger partial charge in [-0.25, -0.2) is 4.31 Å². The molecular formula is C9H15NS. The van der Waals surface area contributed by atoms with Gasteiger partial charge in [-0.05, 0) is 43.3 Å². The molecule has 0 N–H and O–H groups in total. The van der Waals surface area contributed by atoms with E-state index in [1.54, 1.807) is 12.8 Å². The van der Waals surface area contributed by atoms with Crippen molar-refractivity contribution >= 4 is 11.9 Å². The van der Waals surface area contributed by atoms with Crippen molar-refractivity contribution in [1.29, 1.82) is 0 Å². The van der Waals surface area contributed by atoms with Gasteiger partial charge < -0.3 is 0 Å². The smallest absolute Gasteiger partial charge is 0.0274 e. The summed E-state index contributed by atoms with van der Waals surface area (Å²) in [5.41, 5.74) is 0. The maximum atomic E-state index is 2.61. The van der Waals surface area contributed by atoms with Crippen molar-refractivity contribution in [2.24, 2.45) is 17.8 Å². The normalized spacial score (nSPS) is 54.3. The van der Waals surface area contributed by atoms with Crippen molar-refractivity contribution in [2.75, 3.05) is 12.8 Å². The lowest BCUT2D eigenvalue weighted by Crippen LogP contribution is -2.55. The molecule has 1 heterocycles. The molecule has 3 fully saturated rings. The minimum absolute atomic E-state index is 1.00. The van der Waals surface area contributed by atoms with Gasteiger partial charge in [0.15, 0.2) is 0 Å². The summed E-state index contributed by atoms with van der Waals surface area (Å²) in [6, 6.07) is 1.00. The summed E-state index contributed by atoms with van der Waals surface area (Å²) in [6.45, 7) is 1.40. The number of rotatable bonds is 1. The third-order valence-electron chi connectivity index (χ3n) is 4.00. The molecular weight excluding hydrogens is 154 g/mol. The van der Waals surface area contributed by atoms with Crippen molar-refractivity contribution in [3.05, 3.63) is 0 Å². The fourth-order valence-corrected chi connectivity index (χ4v) is 4.37. The highest BCUT2D eigenvalue weighted by Crippen LogP contribution is 2.56. The minimum Gasteiger partial charge on any atom is -0.247 e. The molecule has 0 spiro atoms. The van der Waals surface area contributed by atoms with Crippen LogP contribution in [0, 0.1) is 17.8 Å². The molecule has 2 saturated carbocycles. The third kappa shape index (κ3) is 0.726. The van der Waals surface area contributed by atoms with Gasteiger partial charge in [-0.15, -0.1) is 0 Å². The second kappa shape index (κ2) is 2.17. The Morgan fingerprint density at radius 1 is 1.27 bits per heavy atom. The maximum Gasteiger partial charge on any atom is 0.0274 e. The van der Waals surface area contributed by atoms with Crippen LogP contribution in [0.15, 0.2) is 0 Å². The van der Waals surface area contributed by atoms with Crippen LogP contribution in [0.2, 0.25) is 0 Å². The molecule has 1 saturated heterocycles. The molecule has 0 radical (unpaired) electrons. The van der Waals surface area contributed by atoms with Crippen LogP contribution in [0.5, 0.6) is 0 Å². The number of fused-ring (bicyclic) bond motifs is 5. The monoisotopic (exact) mass is 169 g/mol. The average molecular weight is 169 g/mol. The Morgan fingerprint density at radius 3 is 2.82 bits per heavy atom. The van der Waals surface area contributed by atoms with Crippen molar-refractivity contribution < 1.29 is 0 Å². The fraction of sp³-hybridized carbons (Fsp3) is 1.00. The van der Waals surface area contributed by atoms with Gasteiger partial charge in [0.2, 0.25) is 0 Å². The summed E-state index contributed by atoms with van der Waals surface area (Å²) >= 11 is 1.96. The van der Waals surface area contributed by atoms with Gasteiger partial charge in [0.25, 0.3) is 0 Å². The quantitative estimate of drug-likeness (QED) is 0.552. The van der Waals surface area contributed by atoms with E-state index in [-0.39, 0.29) is 0 Å². The van der Waals surface area contributed by atoms with Crippen LogP contribution < -0.4 is 0 Å². The van der Waals surface area contributed by atoms with Gasteiger partial charge >= 0.3 is 0 Å². The van der Waals surface area contributed by atoms with Crippen molar-refractivity contribution in [3.63, 3.8) is 0 Å². The number of hydrogen-bond donors (Lipinski definition) is 0. The largest absolute Gasteiger partial charge is 0.247 e. The first kappa shape index (κ1) is 6.79. The van der Waals surface area contributed by atoms with E-state index in [0.29, 0.717) is 0 Å². The van der Waals surface area contributed by atoms with E-state index in [1.807, 2.05) is 11.9 Å². The Kier molecular flexibility index (Phi) is 1.34. The third-order valence-corrected chi connectivity index (χ3v) is 4.86. The molecule has 0 amide bonds. The second-order valence-corrected chi connectivity index (χ2v) is 5.10. The molecule has 3 rings (SSSR count). The highest BCUT2D eigenvalue weighted by atomic mass is 32.2. The molecule has 2 bridgehead atoms. The first-order chi connectivity index (χ1) is 5.40. The SMILES string of the molecule is CSN1CC2C3CCC(C3)C21. The van der Waals surface area contributed by atoms with Crippen LogP contribution in [0.1, 0.15) is 19.3 Å². The summed E-state index contributed by atoms with van der Waals surface area (Å²) in [5, 5.41) is 0. The highest BCUT2D eigenvalue weighted by molar-refractivity contribution is 7.96. The van der Waals surface area contributed by atoms with Gasteiger partial charge in [-0.2, -0.15) is 0 Å². The average Bonchev–Trinajstić information content (AvgIpc) is 2.43. The van der Waals surface area contributed by atoms with Gasteiger partial charge in [-0.3, -0.25) is 0 Å².